The third kappa shape index (κ3) is 4.13. The molecule has 2 heterocycles. The van der Waals surface area contributed by atoms with Crippen molar-refractivity contribution >= 4 is 32.3 Å². The van der Waals surface area contributed by atoms with Crippen molar-refractivity contribution in [2.45, 2.75) is 0 Å². The molecule has 6 aromatic carbocycles. The smallest absolute Gasteiger partial charge is 0.0702 e. The molecule has 0 radical (unpaired) electrons. The Morgan fingerprint density at radius 1 is 0.357 bits per heavy atom. The molecule has 0 saturated heterocycles. The predicted octanol–water partition coefficient (Wildman–Crippen LogP) is 10.6. The quantitative estimate of drug-likeness (QED) is 0.210. The van der Waals surface area contributed by atoms with Gasteiger partial charge in [-0.15, -0.1) is 0 Å². The van der Waals surface area contributed by atoms with E-state index in [4.69, 9.17) is 4.98 Å². The first-order chi connectivity index (χ1) is 20.8. The molecule has 2 aromatic heterocycles. The molecular formula is C40H26N2. The largest absolute Gasteiger partial charge is 0.264 e. The Kier molecular flexibility index (Phi) is 5.82. The van der Waals surface area contributed by atoms with Crippen molar-refractivity contribution in [3.63, 3.8) is 0 Å². The first kappa shape index (κ1) is 24.2. The topological polar surface area (TPSA) is 25.8 Å². The molecule has 0 fully saturated rings. The maximum atomic E-state index is 4.84. The summed E-state index contributed by atoms with van der Waals surface area (Å²) in [5, 5.41) is 7.51. The number of pyridine rings is 2. The summed E-state index contributed by atoms with van der Waals surface area (Å²) in [4.78, 5) is 9.08. The Morgan fingerprint density at radius 2 is 0.929 bits per heavy atom. The zero-order valence-electron chi connectivity index (χ0n) is 22.9. The van der Waals surface area contributed by atoms with Gasteiger partial charge >= 0.3 is 0 Å². The summed E-state index contributed by atoms with van der Waals surface area (Å²) < 4.78 is 0. The molecule has 42 heavy (non-hydrogen) atoms. The fraction of sp³-hybridized carbons (Fsp3) is 0. The van der Waals surface area contributed by atoms with Gasteiger partial charge in [0, 0.05) is 35.3 Å². The average molecular weight is 535 g/mol. The molecule has 0 saturated carbocycles. The highest BCUT2D eigenvalue weighted by atomic mass is 14.7. The lowest BCUT2D eigenvalue weighted by molar-refractivity contribution is 1.30. The average Bonchev–Trinajstić information content (AvgIpc) is 3.07. The molecule has 2 nitrogen and oxygen atoms in total. The Hall–Kier alpha value is -5.60. The lowest BCUT2D eigenvalue weighted by Crippen LogP contribution is -1.92. The lowest BCUT2D eigenvalue weighted by Gasteiger charge is -2.18. The number of nitrogens with zero attached hydrogens (tertiary/aromatic N) is 2. The SMILES string of the molecule is c1cncc(-c2ccc(-c3cccc(-c4c5ccccc5c(-c5ccc6ccccc6c5)c5ccccc45)c3)nc2)c1. The highest BCUT2D eigenvalue weighted by Crippen LogP contribution is 2.44. The van der Waals surface area contributed by atoms with Gasteiger partial charge in [-0.3, -0.25) is 9.97 Å². The summed E-state index contributed by atoms with van der Waals surface area (Å²) in [5.74, 6) is 0. The maximum absolute atomic E-state index is 4.84. The predicted molar refractivity (Wildman–Crippen MR) is 176 cm³/mol. The monoisotopic (exact) mass is 534 g/mol. The lowest BCUT2D eigenvalue weighted by atomic mass is 9.85. The summed E-state index contributed by atoms with van der Waals surface area (Å²) in [5.41, 5.74) is 9.11. The van der Waals surface area contributed by atoms with Crippen LogP contribution in [0.1, 0.15) is 0 Å². The second kappa shape index (κ2) is 10.1. The van der Waals surface area contributed by atoms with Gasteiger partial charge < -0.3 is 0 Å². The molecule has 0 unspecified atom stereocenters. The summed E-state index contributed by atoms with van der Waals surface area (Å²) in [6.45, 7) is 0. The Bertz CT molecular complexity index is 2180. The van der Waals surface area contributed by atoms with E-state index in [-0.39, 0.29) is 0 Å². The van der Waals surface area contributed by atoms with E-state index in [2.05, 4.69) is 138 Å². The molecule has 0 aliphatic rings. The molecule has 0 N–H and O–H groups in total. The van der Waals surface area contributed by atoms with E-state index < -0.39 is 0 Å². The second-order valence-corrected chi connectivity index (χ2v) is 10.7. The second-order valence-electron chi connectivity index (χ2n) is 10.7. The third-order valence-electron chi connectivity index (χ3n) is 8.17. The van der Waals surface area contributed by atoms with Crippen molar-refractivity contribution in [1.82, 2.24) is 9.97 Å². The van der Waals surface area contributed by atoms with Crippen LogP contribution in [0.25, 0.3) is 77.0 Å². The summed E-state index contributed by atoms with van der Waals surface area (Å²) in [7, 11) is 0. The highest BCUT2D eigenvalue weighted by molar-refractivity contribution is 6.21. The molecule has 8 aromatic rings. The molecule has 8 rings (SSSR count). The molecule has 196 valence electrons. The van der Waals surface area contributed by atoms with Crippen LogP contribution in [0.2, 0.25) is 0 Å². The van der Waals surface area contributed by atoms with Crippen LogP contribution in [0.4, 0.5) is 0 Å². The van der Waals surface area contributed by atoms with Gasteiger partial charge in [0.1, 0.15) is 0 Å². The van der Waals surface area contributed by atoms with E-state index in [0.717, 1.165) is 22.4 Å². The number of hydrogen-bond acceptors (Lipinski definition) is 2. The van der Waals surface area contributed by atoms with Gasteiger partial charge in [0.25, 0.3) is 0 Å². The van der Waals surface area contributed by atoms with Gasteiger partial charge in [0.2, 0.25) is 0 Å². The van der Waals surface area contributed by atoms with Crippen LogP contribution in [0.5, 0.6) is 0 Å². The van der Waals surface area contributed by atoms with Crippen molar-refractivity contribution in [1.29, 1.82) is 0 Å². The molecule has 0 aliphatic heterocycles. The summed E-state index contributed by atoms with van der Waals surface area (Å²) >= 11 is 0. The highest BCUT2D eigenvalue weighted by Gasteiger charge is 2.17. The zero-order valence-corrected chi connectivity index (χ0v) is 22.9. The van der Waals surface area contributed by atoms with E-state index in [9.17, 15) is 0 Å². The van der Waals surface area contributed by atoms with Gasteiger partial charge in [-0.25, -0.2) is 0 Å². The first-order valence-corrected chi connectivity index (χ1v) is 14.2. The number of fused-ring (bicyclic) bond motifs is 3. The van der Waals surface area contributed by atoms with Crippen molar-refractivity contribution in [2.75, 3.05) is 0 Å². The molecular weight excluding hydrogens is 508 g/mol. The van der Waals surface area contributed by atoms with Crippen LogP contribution in [-0.4, -0.2) is 9.97 Å². The van der Waals surface area contributed by atoms with E-state index in [1.165, 1.54) is 54.6 Å². The van der Waals surface area contributed by atoms with Gasteiger partial charge in [0.15, 0.2) is 0 Å². The van der Waals surface area contributed by atoms with Crippen LogP contribution in [0, 0.1) is 0 Å². The molecule has 2 heteroatoms. The van der Waals surface area contributed by atoms with Crippen molar-refractivity contribution in [2.24, 2.45) is 0 Å². The van der Waals surface area contributed by atoms with Crippen LogP contribution in [-0.2, 0) is 0 Å². The zero-order chi connectivity index (χ0) is 27.9. The van der Waals surface area contributed by atoms with Crippen molar-refractivity contribution in [3.8, 4) is 44.6 Å². The van der Waals surface area contributed by atoms with Gasteiger partial charge in [-0.2, -0.15) is 0 Å². The number of benzene rings is 6. The Balaban J connectivity index is 1.32. The minimum atomic E-state index is 0.950. The normalized spacial score (nSPS) is 11.3. The van der Waals surface area contributed by atoms with Gasteiger partial charge in [-0.05, 0) is 78.8 Å². The van der Waals surface area contributed by atoms with Gasteiger partial charge in [-0.1, -0.05) is 115 Å². The maximum Gasteiger partial charge on any atom is 0.0702 e. The molecule has 0 amide bonds. The molecule has 0 bridgehead atoms. The fourth-order valence-corrected chi connectivity index (χ4v) is 6.20. The van der Waals surface area contributed by atoms with E-state index in [0.29, 0.717) is 0 Å². The third-order valence-corrected chi connectivity index (χ3v) is 8.17. The Morgan fingerprint density at radius 3 is 1.57 bits per heavy atom. The fourth-order valence-electron chi connectivity index (χ4n) is 6.20. The minimum absolute atomic E-state index is 0.950. The molecule has 0 spiro atoms. The van der Waals surface area contributed by atoms with E-state index in [1.54, 1.807) is 6.20 Å². The van der Waals surface area contributed by atoms with E-state index >= 15 is 0 Å². The minimum Gasteiger partial charge on any atom is -0.264 e. The van der Waals surface area contributed by atoms with Crippen LogP contribution in [0.15, 0.2) is 158 Å². The number of aromatic nitrogens is 2. The van der Waals surface area contributed by atoms with Crippen molar-refractivity contribution < 1.29 is 0 Å². The number of hydrogen-bond donors (Lipinski definition) is 0. The molecule has 0 atom stereocenters. The van der Waals surface area contributed by atoms with Gasteiger partial charge in [0.05, 0.1) is 5.69 Å². The Labute approximate surface area is 244 Å². The van der Waals surface area contributed by atoms with E-state index in [1.807, 2.05) is 18.5 Å². The van der Waals surface area contributed by atoms with Crippen LogP contribution in [0.3, 0.4) is 0 Å². The molecule has 0 aliphatic carbocycles. The number of rotatable bonds is 4. The van der Waals surface area contributed by atoms with Crippen LogP contribution >= 0.6 is 0 Å². The summed E-state index contributed by atoms with van der Waals surface area (Å²) in [6.07, 6.45) is 5.59. The van der Waals surface area contributed by atoms with Crippen LogP contribution < -0.4 is 0 Å². The summed E-state index contributed by atoms with van der Waals surface area (Å²) in [6, 6.07) is 50.0. The first-order valence-electron chi connectivity index (χ1n) is 14.2. The van der Waals surface area contributed by atoms with Crippen molar-refractivity contribution in [3.05, 3.63) is 158 Å². The standard InChI is InChI=1S/C40H26N2/c1-2-10-28-23-31(19-18-27(28)9-1)40-36-16-5-3-14-34(36)39(35-15-4-6-17-37(35)40)30-12-7-11-29(24-30)38-21-20-33(26-42-38)32-13-8-22-41-25-32/h1-26H.